The molecule has 1 spiro atoms. The summed E-state index contributed by atoms with van der Waals surface area (Å²) in [5, 5.41) is 6.11. The van der Waals surface area contributed by atoms with Crippen LogP contribution in [0, 0.1) is 0 Å². The highest BCUT2D eigenvalue weighted by atomic mass is 32.1. The zero-order valence-electron chi connectivity index (χ0n) is 11.6. The van der Waals surface area contributed by atoms with E-state index in [4.69, 9.17) is 0 Å². The monoisotopic (exact) mass is 300 g/mol. The van der Waals surface area contributed by atoms with Gasteiger partial charge in [0.1, 0.15) is 12.1 Å². The zero-order chi connectivity index (χ0) is 14.4. The SMILES string of the molecule is O=C1CN(c2ccc3sccc3c2)C(=O)C2(CCCC2)N1. The minimum Gasteiger partial charge on any atom is -0.340 e. The Hall–Kier alpha value is -1.88. The molecule has 2 aromatic rings. The number of anilines is 1. The third kappa shape index (κ3) is 1.95. The van der Waals surface area contributed by atoms with E-state index in [-0.39, 0.29) is 18.4 Å². The van der Waals surface area contributed by atoms with Crippen LogP contribution in [0.2, 0.25) is 0 Å². The van der Waals surface area contributed by atoms with Crippen molar-refractivity contribution in [1.29, 1.82) is 0 Å². The average Bonchev–Trinajstić information content (AvgIpc) is 3.11. The second kappa shape index (κ2) is 4.56. The first-order valence-corrected chi connectivity index (χ1v) is 8.16. The van der Waals surface area contributed by atoms with Crippen LogP contribution in [0.25, 0.3) is 10.1 Å². The second-order valence-corrected chi connectivity index (χ2v) is 6.82. The normalized spacial score (nSPS) is 21.2. The summed E-state index contributed by atoms with van der Waals surface area (Å²) in [7, 11) is 0. The van der Waals surface area contributed by atoms with Gasteiger partial charge in [-0.05, 0) is 47.9 Å². The lowest BCUT2D eigenvalue weighted by molar-refractivity contribution is -0.135. The molecule has 2 amide bonds. The number of hydrogen-bond donors (Lipinski definition) is 1. The van der Waals surface area contributed by atoms with E-state index in [1.165, 1.54) is 4.70 Å². The number of nitrogens with zero attached hydrogens (tertiary/aromatic N) is 1. The molecule has 108 valence electrons. The van der Waals surface area contributed by atoms with Crippen molar-refractivity contribution in [2.24, 2.45) is 0 Å². The van der Waals surface area contributed by atoms with Gasteiger partial charge in [0.05, 0.1) is 0 Å². The molecule has 1 aromatic heterocycles. The number of nitrogens with one attached hydrogen (secondary N) is 1. The van der Waals surface area contributed by atoms with Crippen molar-refractivity contribution in [3.63, 3.8) is 0 Å². The number of benzene rings is 1. The summed E-state index contributed by atoms with van der Waals surface area (Å²) in [5.41, 5.74) is 0.172. The van der Waals surface area contributed by atoms with Gasteiger partial charge in [0.2, 0.25) is 5.91 Å². The number of carbonyl (C=O) groups excluding carboxylic acids is 2. The summed E-state index contributed by atoms with van der Waals surface area (Å²) in [6.07, 6.45) is 3.52. The number of amides is 2. The van der Waals surface area contributed by atoms with Gasteiger partial charge in [-0.25, -0.2) is 0 Å². The van der Waals surface area contributed by atoms with Crippen LogP contribution in [0.1, 0.15) is 25.7 Å². The highest BCUT2D eigenvalue weighted by molar-refractivity contribution is 7.17. The van der Waals surface area contributed by atoms with E-state index in [0.29, 0.717) is 0 Å². The van der Waals surface area contributed by atoms with E-state index >= 15 is 0 Å². The van der Waals surface area contributed by atoms with Gasteiger partial charge in [0.15, 0.2) is 0 Å². The molecule has 2 aliphatic rings. The van der Waals surface area contributed by atoms with E-state index in [1.54, 1.807) is 16.2 Å². The topological polar surface area (TPSA) is 49.4 Å². The average molecular weight is 300 g/mol. The summed E-state index contributed by atoms with van der Waals surface area (Å²) in [5.74, 6) is -0.00362. The molecule has 2 fully saturated rings. The third-order valence-electron chi connectivity index (χ3n) is 4.54. The van der Waals surface area contributed by atoms with Gasteiger partial charge in [0.25, 0.3) is 5.91 Å². The van der Waals surface area contributed by atoms with Crippen LogP contribution in [0.5, 0.6) is 0 Å². The first-order valence-electron chi connectivity index (χ1n) is 7.28. The molecule has 2 heterocycles. The molecule has 0 bridgehead atoms. The fourth-order valence-corrected chi connectivity index (χ4v) is 4.25. The summed E-state index contributed by atoms with van der Waals surface area (Å²) in [6, 6.07) is 8.02. The molecule has 4 rings (SSSR count). The number of fused-ring (bicyclic) bond motifs is 1. The highest BCUT2D eigenvalue weighted by Crippen LogP contribution is 2.36. The highest BCUT2D eigenvalue weighted by Gasteiger charge is 2.48. The molecule has 1 N–H and O–H groups in total. The Labute approximate surface area is 126 Å². The number of thiophene rings is 1. The molecule has 5 heteroatoms. The van der Waals surface area contributed by atoms with E-state index in [9.17, 15) is 9.59 Å². The van der Waals surface area contributed by atoms with Gasteiger partial charge in [-0.3, -0.25) is 9.59 Å². The van der Waals surface area contributed by atoms with Gasteiger partial charge in [-0.2, -0.15) is 0 Å². The third-order valence-corrected chi connectivity index (χ3v) is 5.44. The first-order chi connectivity index (χ1) is 10.2. The molecular weight excluding hydrogens is 284 g/mol. The van der Waals surface area contributed by atoms with Crippen LogP contribution in [-0.2, 0) is 9.59 Å². The molecule has 4 nitrogen and oxygen atoms in total. The van der Waals surface area contributed by atoms with Gasteiger partial charge in [-0.15, -0.1) is 11.3 Å². The fourth-order valence-electron chi connectivity index (χ4n) is 3.48. The van der Waals surface area contributed by atoms with Crippen LogP contribution >= 0.6 is 11.3 Å². The Morgan fingerprint density at radius 1 is 1.14 bits per heavy atom. The Morgan fingerprint density at radius 2 is 1.95 bits per heavy atom. The Morgan fingerprint density at radius 3 is 2.76 bits per heavy atom. The smallest absolute Gasteiger partial charge is 0.253 e. The van der Waals surface area contributed by atoms with Crippen molar-refractivity contribution < 1.29 is 9.59 Å². The van der Waals surface area contributed by atoms with Crippen molar-refractivity contribution in [2.75, 3.05) is 11.4 Å². The summed E-state index contributed by atoms with van der Waals surface area (Å²) in [4.78, 5) is 26.6. The molecule has 1 aromatic carbocycles. The van der Waals surface area contributed by atoms with E-state index in [0.717, 1.165) is 36.8 Å². The number of carbonyl (C=O) groups is 2. The lowest BCUT2D eigenvalue weighted by Crippen LogP contribution is -2.65. The predicted molar refractivity (Wildman–Crippen MR) is 83.5 cm³/mol. The Balaban J connectivity index is 1.75. The standard InChI is InChI=1S/C16H16N2O2S/c19-14-10-18(15(20)16(17-14)6-1-2-7-16)12-3-4-13-11(9-12)5-8-21-13/h3-5,8-9H,1-2,6-7,10H2,(H,17,19). The summed E-state index contributed by atoms with van der Waals surface area (Å²) >= 11 is 1.68. The molecule has 1 aliphatic heterocycles. The largest absolute Gasteiger partial charge is 0.340 e. The second-order valence-electron chi connectivity index (χ2n) is 5.87. The lowest BCUT2D eigenvalue weighted by atomic mass is 9.92. The fraction of sp³-hybridized carbons (Fsp3) is 0.375. The molecule has 1 saturated carbocycles. The molecular formula is C16H16N2O2S. The maximum absolute atomic E-state index is 12.9. The molecule has 0 unspecified atom stereocenters. The number of piperazine rings is 1. The molecule has 0 atom stereocenters. The van der Waals surface area contributed by atoms with Crippen molar-refractivity contribution in [2.45, 2.75) is 31.2 Å². The molecule has 1 saturated heterocycles. The van der Waals surface area contributed by atoms with Gasteiger partial charge in [-0.1, -0.05) is 12.8 Å². The van der Waals surface area contributed by atoms with Crippen LogP contribution in [-0.4, -0.2) is 23.9 Å². The Bertz CT molecular complexity index is 731. The molecule has 1 aliphatic carbocycles. The maximum Gasteiger partial charge on any atom is 0.253 e. The number of hydrogen-bond acceptors (Lipinski definition) is 3. The summed E-state index contributed by atoms with van der Waals surface area (Å²) in [6.45, 7) is 0.121. The quantitative estimate of drug-likeness (QED) is 0.880. The van der Waals surface area contributed by atoms with Crippen molar-refractivity contribution in [3.05, 3.63) is 29.6 Å². The van der Waals surface area contributed by atoms with Gasteiger partial charge >= 0.3 is 0 Å². The zero-order valence-corrected chi connectivity index (χ0v) is 12.4. The number of rotatable bonds is 1. The molecule has 21 heavy (non-hydrogen) atoms. The van der Waals surface area contributed by atoms with Crippen molar-refractivity contribution >= 4 is 38.9 Å². The Kier molecular flexibility index (Phi) is 2.79. The van der Waals surface area contributed by atoms with Crippen LogP contribution in [0.15, 0.2) is 29.6 Å². The van der Waals surface area contributed by atoms with E-state index in [1.807, 2.05) is 29.6 Å². The van der Waals surface area contributed by atoms with E-state index in [2.05, 4.69) is 5.32 Å². The van der Waals surface area contributed by atoms with Crippen LogP contribution < -0.4 is 10.2 Å². The van der Waals surface area contributed by atoms with Crippen LogP contribution in [0.3, 0.4) is 0 Å². The van der Waals surface area contributed by atoms with Crippen LogP contribution in [0.4, 0.5) is 5.69 Å². The van der Waals surface area contributed by atoms with Crippen molar-refractivity contribution in [3.8, 4) is 0 Å². The van der Waals surface area contributed by atoms with E-state index < -0.39 is 5.54 Å². The van der Waals surface area contributed by atoms with Crippen molar-refractivity contribution in [1.82, 2.24) is 5.32 Å². The van der Waals surface area contributed by atoms with Gasteiger partial charge < -0.3 is 10.2 Å². The predicted octanol–water partition coefficient (Wildman–Crippen LogP) is 2.68. The van der Waals surface area contributed by atoms with Gasteiger partial charge in [0, 0.05) is 10.4 Å². The maximum atomic E-state index is 12.9. The summed E-state index contributed by atoms with van der Waals surface area (Å²) < 4.78 is 1.20. The first kappa shape index (κ1) is 12.8. The minimum atomic E-state index is -0.654. The molecule has 0 radical (unpaired) electrons. The minimum absolute atomic E-state index is 0.0502. The lowest BCUT2D eigenvalue weighted by Gasteiger charge is -2.39.